The number of anilines is 1. The molecule has 2 amide bonds. The minimum Gasteiger partial charge on any atom is -0.481 e. The zero-order chi connectivity index (χ0) is 30.4. The second kappa shape index (κ2) is 12.8. The van der Waals surface area contributed by atoms with E-state index in [0.29, 0.717) is 17.2 Å². The summed E-state index contributed by atoms with van der Waals surface area (Å²) in [5.74, 6) is -1.75. The molecule has 11 nitrogen and oxygen atoms in total. The van der Waals surface area contributed by atoms with Crippen molar-refractivity contribution in [3.05, 3.63) is 77.0 Å². The molecule has 1 aliphatic rings. The third kappa shape index (κ3) is 6.92. The first kappa shape index (κ1) is 30.2. The summed E-state index contributed by atoms with van der Waals surface area (Å²) in [5, 5.41) is 27.0. The molecule has 0 aliphatic carbocycles. The van der Waals surface area contributed by atoms with Crippen LogP contribution < -0.4 is 26.4 Å². The number of amidine groups is 1. The molecule has 2 heterocycles. The zero-order valence-corrected chi connectivity index (χ0v) is 23.9. The number of hydrogen-bond acceptors (Lipinski definition) is 7. The molecule has 4 rings (SSSR count). The number of rotatable bonds is 10. The van der Waals surface area contributed by atoms with Crippen molar-refractivity contribution in [1.82, 2.24) is 15.6 Å². The van der Waals surface area contributed by atoms with Crippen LogP contribution in [0.1, 0.15) is 69.9 Å². The van der Waals surface area contributed by atoms with E-state index in [-0.39, 0.29) is 51.1 Å². The van der Waals surface area contributed by atoms with Gasteiger partial charge in [0.15, 0.2) is 0 Å². The van der Waals surface area contributed by atoms with Crippen molar-refractivity contribution >= 4 is 29.3 Å². The molecule has 0 unspecified atom stereocenters. The lowest BCUT2D eigenvalue weighted by Gasteiger charge is -2.40. The number of carboxylic acids is 1. The first-order valence-electron chi connectivity index (χ1n) is 13.7. The maximum Gasteiger partial charge on any atom is 0.336 e. The Balaban J connectivity index is 1.68. The number of pyridine rings is 1. The number of carbonyl (C=O) groups is 3. The Morgan fingerprint density at radius 3 is 2.26 bits per heavy atom. The van der Waals surface area contributed by atoms with Gasteiger partial charge in [0.2, 0.25) is 5.88 Å². The molecule has 0 atom stereocenters. The van der Waals surface area contributed by atoms with Crippen LogP contribution in [0.4, 0.5) is 5.69 Å². The molecule has 0 radical (unpaired) electrons. The number of amides is 2. The van der Waals surface area contributed by atoms with E-state index in [1.54, 1.807) is 36.4 Å². The minimum absolute atomic E-state index is 0.0599. The van der Waals surface area contributed by atoms with Crippen molar-refractivity contribution in [2.45, 2.75) is 38.6 Å². The van der Waals surface area contributed by atoms with Gasteiger partial charge in [0.1, 0.15) is 11.5 Å². The lowest BCUT2D eigenvalue weighted by Crippen LogP contribution is -2.55. The van der Waals surface area contributed by atoms with Gasteiger partial charge in [0.25, 0.3) is 11.8 Å². The van der Waals surface area contributed by atoms with Crippen LogP contribution in [-0.2, 0) is 0 Å². The number of aromatic nitrogens is 1. The molecule has 0 bridgehead atoms. The van der Waals surface area contributed by atoms with Crippen molar-refractivity contribution in [2.75, 3.05) is 25.5 Å². The highest BCUT2D eigenvalue weighted by atomic mass is 16.5. The second-order valence-electron chi connectivity index (χ2n) is 10.8. The molecule has 0 spiro atoms. The van der Waals surface area contributed by atoms with E-state index in [9.17, 15) is 19.5 Å². The summed E-state index contributed by atoms with van der Waals surface area (Å²) in [6.45, 7) is 5.82. The number of carbonyl (C=O) groups excluding carboxylic acids is 2. The Bertz CT molecular complexity index is 1500. The number of hydrogen-bond donors (Lipinski definition) is 6. The highest BCUT2D eigenvalue weighted by Gasteiger charge is 2.34. The van der Waals surface area contributed by atoms with Crippen LogP contribution in [0.15, 0.2) is 54.6 Å². The fourth-order valence-electron chi connectivity index (χ4n) is 5.35. The molecule has 3 aromatic rings. The van der Waals surface area contributed by atoms with Crippen molar-refractivity contribution < 1.29 is 24.2 Å². The van der Waals surface area contributed by atoms with Gasteiger partial charge in [-0.05, 0) is 86.3 Å². The smallest absolute Gasteiger partial charge is 0.336 e. The minimum atomic E-state index is -1.25. The number of aromatic carboxylic acids is 1. The number of ether oxygens (including phenoxy) is 1. The molecule has 42 heavy (non-hydrogen) atoms. The summed E-state index contributed by atoms with van der Waals surface area (Å²) < 4.78 is 5.22. The normalized spacial score (nSPS) is 14.2. The quantitative estimate of drug-likeness (QED) is 0.156. The van der Waals surface area contributed by atoms with Crippen LogP contribution in [0.25, 0.3) is 11.1 Å². The summed E-state index contributed by atoms with van der Waals surface area (Å²) in [4.78, 5) is 43.5. The number of nitrogen functional groups attached to an aromatic ring is 1. The Kier molecular flexibility index (Phi) is 9.21. The van der Waals surface area contributed by atoms with Crippen LogP contribution in [-0.4, -0.2) is 59.4 Å². The molecular formula is C31H36N6O5. The van der Waals surface area contributed by atoms with E-state index in [2.05, 4.69) is 34.8 Å². The average Bonchev–Trinajstić information content (AvgIpc) is 2.96. The van der Waals surface area contributed by atoms with E-state index in [4.69, 9.17) is 15.9 Å². The molecule has 1 aromatic heterocycles. The van der Waals surface area contributed by atoms with Gasteiger partial charge in [-0.25, -0.2) is 9.78 Å². The number of nitrogens with two attached hydrogens (primary N) is 1. The lowest BCUT2D eigenvalue weighted by molar-refractivity contribution is 0.0697. The third-order valence-corrected chi connectivity index (χ3v) is 7.29. The van der Waals surface area contributed by atoms with Crippen LogP contribution in [0.5, 0.6) is 5.88 Å². The first-order chi connectivity index (χ1) is 20.0. The standard InChI is InChI=1S/C31H36N6O5/c1-18(2)17-31(12-14-34-15-13-31)37-28(38)20-6-9-22(24(16-20)30(40)41)23-10-11-25(42-3)36-26(23)29(39)35-21-7-4-19(5-8-21)27(32)33/h4-11,16,18,34H,12-15,17H2,1-3H3,(H3,32,33)(H,35,39)(H,37,38)(H,40,41). The van der Waals surface area contributed by atoms with Gasteiger partial charge in [-0.3, -0.25) is 15.0 Å². The van der Waals surface area contributed by atoms with Gasteiger partial charge in [-0.2, -0.15) is 0 Å². The fraction of sp³-hybridized carbons (Fsp3) is 0.323. The molecule has 1 saturated heterocycles. The van der Waals surface area contributed by atoms with Crippen LogP contribution >= 0.6 is 0 Å². The number of nitrogens with zero attached hydrogens (tertiary/aromatic N) is 1. The van der Waals surface area contributed by atoms with E-state index in [0.717, 1.165) is 32.4 Å². The van der Waals surface area contributed by atoms with Crippen molar-refractivity contribution in [2.24, 2.45) is 11.7 Å². The van der Waals surface area contributed by atoms with Gasteiger partial charge < -0.3 is 31.5 Å². The fourth-order valence-corrected chi connectivity index (χ4v) is 5.35. The predicted molar refractivity (Wildman–Crippen MR) is 160 cm³/mol. The summed E-state index contributed by atoms with van der Waals surface area (Å²) in [6, 6.07) is 13.9. The Morgan fingerprint density at radius 1 is 1.02 bits per heavy atom. The van der Waals surface area contributed by atoms with E-state index in [1.165, 1.54) is 25.3 Å². The van der Waals surface area contributed by atoms with E-state index in [1.807, 2.05) is 0 Å². The van der Waals surface area contributed by atoms with Gasteiger partial charge in [0, 0.05) is 34.0 Å². The molecular weight excluding hydrogens is 536 g/mol. The van der Waals surface area contributed by atoms with Gasteiger partial charge in [0.05, 0.1) is 12.7 Å². The highest BCUT2D eigenvalue weighted by Crippen LogP contribution is 2.31. The maximum absolute atomic E-state index is 13.4. The van der Waals surface area contributed by atoms with Crippen LogP contribution in [0.3, 0.4) is 0 Å². The highest BCUT2D eigenvalue weighted by molar-refractivity contribution is 6.10. The number of methoxy groups -OCH3 is 1. The number of nitrogens with one attached hydrogen (secondary N) is 4. The average molecular weight is 573 g/mol. The Labute approximate surface area is 244 Å². The van der Waals surface area contributed by atoms with E-state index >= 15 is 0 Å². The number of carboxylic acid groups (broad SMARTS) is 1. The number of benzene rings is 2. The predicted octanol–water partition coefficient (Wildman–Crippen LogP) is 3.89. The summed E-state index contributed by atoms with van der Waals surface area (Å²) in [6.07, 6.45) is 2.39. The Hall–Kier alpha value is -4.77. The zero-order valence-electron chi connectivity index (χ0n) is 23.9. The Morgan fingerprint density at radius 2 is 1.67 bits per heavy atom. The van der Waals surface area contributed by atoms with Gasteiger partial charge in [-0.15, -0.1) is 0 Å². The van der Waals surface area contributed by atoms with Crippen LogP contribution in [0.2, 0.25) is 0 Å². The molecule has 1 aliphatic heterocycles. The molecule has 220 valence electrons. The first-order valence-corrected chi connectivity index (χ1v) is 13.7. The summed E-state index contributed by atoms with van der Waals surface area (Å²) >= 11 is 0. The second-order valence-corrected chi connectivity index (χ2v) is 10.8. The SMILES string of the molecule is COc1ccc(-c2ccc(C(=O)NC3(CC(C)C)CCNCC3)cc2C(=O)O)c(C(=O)Nc2ccc(C(=N)N)cc2)n1. The van der Waals surface area contributed by atoms with E-state index < -0.39 is 11.9 Å². The number of piperidine rings is 1. The molecule has 0 saturated carbocycles. The summed E-state index contributed by atoms with van der Waals surface area (Å²) in [7, 11) is 1.41. The summed E-state index contributed by atoms with van der Waals surface area (Å²) in [5.41, 5.74) is 6.57. The molecule has 2 aromatic carbocycles. The largest absolute Gasteiger partial charge is 0.481 e. The third-order valence-electron chi connectivity index (χ3n) is 7.29. The van der Waals surface area contributed by atoms with Gasteiger partial charge in [-0.1, -0.05) is 19.9 Å². The molecule has 11 heteroatoms. The van der Waals surface area contributed by atoms with Crippen molar-refractivity contribution in [3.63, 3.8) is 0 Å². The van der Waals surface area contributed by atoms with Crippen LogP contribution in [0, 0.1) is 11.3 Å². The molecule has 1 fully saturated rings. The van der Waals surface area contributed by atoms with Crippen molar-refractivity contribution in [1.29, 1.82) is 5.41 Å². The molecule has 7 N–H and O–H groups in total. The van der Waals surface area contributed by atoms with Gasteiger partial charge >= 0.3 is 5.97 Å². The maximum atomic E-state index is 13.4. The topological polar surface area (TPSA) is 180 Å². The monoisotopic (exact) mass is 572 g/mol. The van der Waals surface area contributed by atoms with Crippen molar-refractivity contribution in [3.8, 4) is 17.0 Å². The lowest BCUT2D eigenvalue weighted by atomic mass is 9.80.